The van der Waals surface area contributed by atoms with E-state index in [-0.39, 0.29) is 12.5 Å². The molecule has 0 aliphatic rings. The summed E-state index contributed by atoms with van der Waals surface area (Å²) in [5.41, 5.74) is -0.405. The highest BCUT2D eigenvalue weighted by Crippen LogP contribution is 2.16. The second-order valence-electron chi connectivity index (χ2n) is 4.91. The zero-order chi connectivity index (χ0) is 16.0. The molecule has 1 unspecified atom stereocenters. The first-order valence-electron chi connectivity index (χ1n) is 6.54. The van der Waals surface area contributed by atoms with Crippen LogP contribution in [0.3, 0.4) is 0 Å². The van der Waals surface area contributed by atoms with Gasteiger partial charge in [0.2, 0.25) is 0 Å². The number of carbonyl (C=O) groups is 2. The Balaban J connectivity index is 2.48. The normalized spacial score (nSPS) is 12.1. The van der Waals surface area contributed by atoms with Crippen LogP contribution < -0.4 is 10.6 Å². The lowest BCUT2D eigenvalue weighted by atomic mass is 10.0. The molecule has 0 saturated carbocycles. The molecule has 0 aliphatic carbocycles. The Morgan fingerprint density at radius 3 is 2.52 bits per heavy atom. The van der Waals surface area contributed by atoms with E-state index in [0.717, 1.165) is 12.1 Å². The molecule has 5 nitrogen and oxygen atoms in total. The smallest absolute Gasteiger partial charge is 0.313 e. The van der Waals surface area contributed by atoms with Crippen molar-refractivity contribution >= 4 is 17.5 Å². The Hall–Kier alpha value is -2.02. The molecule has 21 heavy (non-hydrogen) atoms. The molecule has 2 amide bonds. The predicted molar refractivity (Wildman–Crippen MR) is 73.5 cm³/mol. The topological polar surface area (TPSA) is 78.4 Å². The van der Waals surface area contributed by atoms with Crippen molar-refractivity contribution in [2.24, 2.45) is 5.92 Å². The van der Waals surface area contributed by atoms with E-state index in [9.17, 15) is 23.5 Å². The molecule has 0 bridgehead atoms. The van der Waals surface area contributed by atoms with Crippen LogP contribution in [0.2, 0.25) is 0 Å². The number of benzene rings is 1. The first-order valence-corrected chi connectivity index (χ1v) is 6.54. The molecular formula is C14H18F2N2O3. The van der Waals surface area contributed by atoms with Gasteiger partial charge in [-0.2, -0.15) is 0 Å². The Kier molecular flexibility index (Phi) is 6.23. The van der Waals surface area contributed by atoms with Gasteiger partial charge in [-0.25, -0.2) is 8.78 Å². The molecule has 1 rings (SSSR count). The van der Waals surface area contributed by atoms with Crippen molar-refractivity contribution in [3.05, 3.63) is 29.8 Å². The highest BCUT2D eigenvalue weighted by Gasteiger charge is 2.17. The SMILES string of the molecule is CC(C)C(O)CCNC(=O)C(=O)Nc1cccc(F)c1F. The van der Waals surface area contributed by atoms with Gasteiger partial charge >= 0.3 is 11.8 Å². The number of nitrogens with one attached hydrogen (secondary N) is 2. The number of anilines is 1. The van der Waals surface area contributed by atoms with Crippen molar-refractivity contribution in [2.75, 3.05) is 11.9 Å². The van der Waals surface area contributed by atoms with Crippen LogP contribution >= 0.6 is 0 Å². The van der Waals surface area contributed by atoms with Gasteiger partial charge in [-0.1, -0.05) is 19.9 Å². The number of hydrogen-bond acceptors (Lipinski definition) is 3. The van der Waals surface area contributed by atoms with Crippen LogP contribution in [0, 0.1) is 17.6 Å². The van der Waals surface area contributed by atoms with Gasteiger partial charge in [0.15, 0.2) is 11.6 Å². The van der Waals surface area contributed by atoms with Crippen LogP contribution in [0.4, 0.5) is 14.5 Å². The van der Waals surface area contributed by atoms with Gasteiger partial charge in [-0.05, 0) is 24.5 Å². The van der Waals surface area contributed by atoms with Crippen molar-refractivity contribution < 1.29 is 23.5 Å². The third kappa shape index (κ3) is 5.11. The molecule has 0 aromatic heterocycles. The molecule has 3 N–H and O–H groups in total. The average Bonchev–Trinajstić information content (AvgIpc) is 2.43. The minimum atomic E-state index is -1.23. The van der Waals surface area contributed by atoms with Gasteiger partial charge < -0.3 is 15.7 Å². The highest BCUT2D eigenvalue weighted by atomic mass is 19.2. The monoisotopic (exact) mass is 300 g/mol. The quantitative estimate of drug-likeness (QED) is 0.720. The number of amides is 2. The van der Waals surface area contributed by atoms with Crippen LogP contribution in [0.25, 0.3) is 0 Å². The Morgan fingerprint density at radius 1 is 1.24 bits per heavy atom. The van der Waals surface area contributed by atoms with Gasteiger partial charge in [0.05, 0.1) is 11.8 Å². The van der Waals surface area contributed by atoms with E-state index < -0.39 is 35.2 Å². The predicted octanol–water partition coefficient (Wildman–Crippen LogP) is 1.43. The van der Waals surface area contributed by atoms with E-state index in [2.05, 4.69) is 5.32 Å². The average molecular weight is 300 g/mol. The minimum absolute atomic E-state index is 0.0390. The van der Waals surface area contributed by atoms with Crippen molar-refractivity contribution in [1.29, 1.82) is 0 Å². The summed E-state index contributed by atoms with van der Waals surface area (Å²) < 4.78 is 26.3. The zero-order valence-corrected chi connectivity index (χ0v) is 11.8. The lowest BCUT2D eigenvalue weighted by Gasteiger charge is -2.14. The molecule has 7 heteroatoms. The maximum absolute atomic E-state index is 13.3. The van der Waals surface area contributed by atoms with E-state index >= 15 is 0 Å². The third-order valence-corrected chi connectivity index (χ3v) is 2.90. The van der Waals surface area contributed by atoms with Gasteiger partial charge in [0.25, 0.3) is 0 Å². The second kappa shape index (κ2) is 7.68. The first kappa shape index (κ1) is 17.0. The Labute approximate surface area is 121 Å². The molecule has 1 atom stereocenters. The fourth-order valence-electron chi connectivity index (χ4n) is 1.53. The summed E-state index contributed by atoms with van der Waals surface area (Å²) in [6.45, 7) is 3.76. The van der Waals surface area contributed by atoms with E-state index in [1.54, 1.807) is 0 Å². The summed E-state index contributed by atoms with van der Waals surface area (Å²) in [5, 5.41) is 13.8. The van der Waals surface area contributed by atoms with Crippen LogP contribution in [0.1, 0.15) is 20.3 Å². The van der Waals surface area contributed by atoms with E-state index in [4.69, 9.17) is 0 Å². The molecule has 0 fully saturated rings. The number of aliphatic hydroxyl groups is 1. The maximum Gasteiger partial charge on any atom is 0.313 e. The van der Waals surface area contributed by atoms with Crippen LogP contribution in [0.15, 0.2) is 18.2 Å². The second-order valence-corrected chi connectivity index (χ2v) is 4.91. The number of hydrogen-bond donors (Lipinski definition) is 3. The first-order chi connectivity index (χ1) is 9.82. The summed E-state index contributed by atoms with van der Waals surface area (Å²) in [5.74, 6) is -4.38. The highest BCUT2D eigenvalue weighted by molar-refractivity contribution is 6.39. The van der Waals surface area contributed by atoms with Crippen molar-refractivity contribution in [2.45, 2.75) is 26.4 Å². The zero-order valence-electron chi connectivity index (χ0n) is 11.8. The van der Waals surface area contributed by atoms with E-state index in [0.29, 0.717) is 6.42 Å². The lowest BCUT2D eigenvalue weighted by molar-refractivity contribution is -0.136. The largest absolute Gasteiger partial charge is 0.393 e. The third-order valence-electron chi connectivity index (χ3n) is 2.90. The molecule has 1 aromatic carbocycles. The Morgan fingerprint density at radius 2 is 1.90 bits per heavy atom. The molecule has 0 aliphatic heterocycles. The number of carbonyl (C=O) groups excluding carboxylic acids is 2. The van der Waals surface area contributed by atoms with Crippen LogP contribution in [-0.2, 0) is 9.59 Å². The molecule has 116 valence electrons. The fourth-order valence-corrected chi connectivity index (χ4v) is 1.53. The van der Waals surface area contributed by atoms with Gasteiger partial charge in [-0.3, -0.25) is 9.59 Å². The molecule has 0 saturated heterocycles. The number of halogens is 2. The minimum Gasteiger partial charge on any atom is -0.393 e. The molecule has 0 radical (unpaired) electrons. The van der Waals surface area contributed by atoms with Crippen molar-refractivity contribution in [3.8, 4) is 0 Å². The summed E-state index contributed by atoms with van der Waals surface area (Å²) in [7, 11) is 0. The van der Waals surface area contributed by atoms with E-state index in [1.807, 2.05) is 19.2 Å². The summed E-state index contributed by atoms with van der Waals surface area (Å²) in [4.78, 5) is 23.0. The maximum atomic E-state index is 13.3. The standard InChI is InChI=1S/C14H18F2N2O3/c1-8(2)11(19)6-7-17-13(20)14(21)18-10-5-3-4-9(15)12(10)16/h3-5,8,11,19H,6-7H2,1-2H3,(H,17,20)(H,18,21). The lowest BCUT2D eigenvalue weighted by Crippen LogP contribution is -2.37. The van der Waals surface area contributed by atoms with E-state index in [1.165, 1.54) is 6.07 Å². The molecular weight excluding hydrogens is 282 g/mol. The fraction of sp³-hybridized carbons (Fsp3) is 0.429. The Bertz CT molecular complexity index is 521. The van der Waals surface area contributed by atoms with Gasteiger partial charge in [0.1, 0.15) is 0 Å². The molecule has 0 heterocycles. The van der Waals surface area contributed by atoms with Gasteiger partial charge in [-0.15, -0.1) is 0 Å². The summed E-state index contributed by atoms with van der Waals surface area (Å²) >= 11 is 0. The van der Waals surface area contributed by atoms with Crippen molar-refractivity contribution in [1.82, 2.24) is 5.32 Å². The van der Waals surface area contributed by atoms with Gasteiger partial charge in [0, 0.05) is 6.54 Å². The summed E-state index contributed by atoms with van der Waals surface area (Å²) in [6.07, 6.45) is -0.292. The molecule has 1 aromatic rings. The number of aliphatic hydroxyl groups excluding tert-OH is 1. The van der Waals surface area contributed by atoms with Crippen LogP contribution in [0.5, 0.6) is 0 Å². The number of rotatable bonds is 5. The molecule has 0 spiro atoms. The van der Waals surface area contributed by atoms with Crippen molar-refractivity contribution in [3.63, 3.8) is 0 Å². The summed E-state index contributed by atoms with van der Waals surface area (Å²) in [6, 6.07) is 3.26. The van der Waals surface area contributed by atoms with Crippen LogP contribution in [-0.4, -0.2) is 29.6 Å².